The number of nitrogens with zero attached hydrogens (tertiary/aromatic N) is 4. The van der Waals surface area contributed by atoms with Gasteiger partial charge in [-0.15, -0.1) is 0 Å². The first-order chi connectivity index (χ1) is 19.1. The highest BCUT2D eigenvalue weighted by Crippen LogP contribution is 2.58. The van der Waals surface area contributed by atoms with Crippen molar-refractivity contribution in [2.75, 3.05) is 30.4 Å². The van der Waals surface area contributed by atoms with Gasteiger partial charge in [-0.3, -0.25) is 14.5 Å². The van der Waals surface area contributed by atoms with E-state index in [1.807, 2.05) is 6.92 Å². The Hall–Kier alpha value is -2.85. The molecule has 7 rings (SSSR count). The molecule has 2 aromatic rings. The molecule has 3 heterocycles. The highest BCUT2D eigenvalue weighted by atomic mass is 32.2. The number of aryl methyl sites for hydroxylation is 1. The van der Waals surface area contributed by atoms with Crippen molar-refractivity contribution < 1.29 is 18.0 Å². The maximum absolute atomic E-state index is 13.5. The van der Waals surface area contributed by atoms with Crippen LogP contribution in [0.5, 0.6) is 0 Å². The summed E-state index contributed by atoms with van der Waals surface area (Å²) in [7, 11) is -1.26. The van der Waals surface area contributed by atoms with E-state index in [1.165, 1.54) is 0 Å². The molecule has 2 aliphatic heterocycles. The number of carbonyl (C=O) groups excluding carboxylic acids is 2. The molecule has 1 aromatic carbocycles. The standard InChI is InChI=1S/C30H37N5O4S/c1-19-14-22(40(38,39)23-16-29(17-23)10-12-34(2)13-11-29)6-7-25(19)32-28-31-18-24-26(33-28)35(27(37)30(24)8-9-30)20-4-3-5-21(36)15-20/h6-7,14,18,20,23H,3-5,8-13,15-17H2,1-2H3,(H,31,32,33). The van der Waals surface area contributed by atoms with Crippen molar-refractivity contribution in [1.29, 1.82) is 0 Å². The maximum atomic E-state index is 13.5. The van der Waals surface area contributed by atoms with Gasteiger partial charge in [0.1, 0.15) is 11.6 Å². The third kappa shape index (κ3) is 4.09. The first kappa shape index (κ1) is 26.1. The quantitative estimate of drug-likeness (QED) is 0.580. The molecule has 40 heavy (non-hydrogen) atoms. The van der Waals surface area contributed by atoms with Crippen LogP contribution in [-0.2, 0) is 24.8 Å². The molecule has 1 N–H and O–H groups in total. The van der Waals surface area contributed by atoms with Crippen molar-refractivity contribution in [2.45, 2.75) is 92.7 Å². The number of fused-ring (bicyclic) bond motifs is 2. The topological polar surface area (TPSA) is 113 Å². The summed E-state index contributed by atoms with van der Waals surface area (Å²) in [4.78, 5) is 39.4. The molecule has 1 saturated heterocycles. The van der Waals surface area contributed by atoms with Crippen molar-refractivity contribution in [3.05, 3.63) is 35.5 Å². The van der Waals surface area contributed by atoms with E-state index in [2.05, 4.69) is 22.2 Å². The van der Waals surface area contributed by atoms with Crippen LogP contribution >= 0.6 is 0 Å². The van der Waals surface area contributed by atoms with Crippen molar-refractivity contribution in [3.8, 4) is 0 Å². The summed E-state index contributed by atoms with van der Waals surface area (Å²) in [5.41, 5.74) is 2.06. The number of rotatable bonds is 5. The average Bonchev–Trinajstić information content (AvgIpc) is 3.67. The average molecular weight is 564 g/mol. The summed E-state index contributed by atoms with van der Waals surface area (Å²) in [6.07, 6.45) is 9.57. The molecule has 2 spiro atoms. The Labute approximate surface area is 235 Å². The number of anilines is 3. The SMILES string of the molecule is Cc1cc(S(=O)(=O)C2CC3(CCN(C)CC3)C2)ccc1Nc1ncc2c(n1)N(C1CCCC(=O)C1)C(=O)C21CC1. The molecule has 1 aromatic heterocycles. The van der Waals surface area contributed by atoms with Crippen molar-refractivity contribution in [1.82, 2.24) is 14.9 Å². The Bertz CT molecular complexity index is 1500. The zero-order valence-corrected chi connectivity index (χ0v) is 24.1. The van der Waals surface area contributed by atoms with Gasteiger partial charge in [0.15, 0.2) is 9.84 Å². The Balaban J connectivity index is 1.10. The number of ketones is 1. The second-order valence-corrected chi connectivity index (χ2v) is 15.2. The summed E-state index contributed by atoms with van der Waals surface area (Å²) in [5.74, 6) is 1.23. The number of aromatic nitrogens is 2. The van der Waals surface area contributed by atoms with Crippen LogP contribution in [0, 0.1) is 12.3 Å². The fourth-order valence-corrected chi connectivity index (χ4v) is 9.59. The summed E-state index contributed by atoms with van der Waals surface area (Å²) in [5, 5.41) is 2.95. The Morgan fingerprint density at radius 3 is 2.50 bits per heavy atom. The Kier molecular flexibility index (Phi) is 5.92. The molecule has 212 valence electrons. The fraction of sp³-hybridized carbons (Fsp3) is 0.600. The summed E-state index contributed by atoms with van der Waals surface area (Å²) >= 11 is 0. The molecule has 1 unspecified atom stereocenters. The fourth-order valence-electron chi connectivity index (χ4n) is 7.46. The first-order valence-corrected chi connectivity index (χ1v) is 16.2. The number of hydrogen-bond donors (Lipinski definition) is 1. The number of likely N-dealkylation sites (tertiary alicyclic amines) is 1. The highest BCUT2D eigenvalue weighted by molar-refractivity contribution is 7.92. The van der Waals surface area contributed by atoms with E-state index < -0.39 is 15.3 Å². The lowest BCUT2D eigenvalue weighted by Crippen LogP contribution is -2.50. The molecule has 3 saturated carbocycles. The van der Waals surface area contributed by atoms with Gasteiger partial charge in [-0.05, 0) is 108 Å². The van der Waals surface area contributed by atoms with Gasteiger partial charge in [0.25, 0.3) is 0 Å². The number of piperidine rings is 1. The molecule has 0 radical (unpaired) electrons. The van der Waals surface area contributed by atoms with Crippen LogP contribution in [0.4, 0.5) is 17.5 Å². The van der Waals surface area contributed by atoms with Gasteiger partial charge in [-0.25, -0.2) is 13.4 Å². The Morgan fingerprint density at radius 1 is 1.07 bits per heavy atom. The van der Waals surface area contributed by atoms with Crippen LogP contribution in [0.1, 0.15) is 75.3 Å². The number of benzene rings is 1. The first-order valence-electron chi connectivity index (χ1n) is 14.6. The number of Topliss-reactive ketones (excluding diaryl/α,β-unsaturated/α-hetero) is 1. The van der Waals surface area contributed by atoms with Gasteiger partial charge in [0.2, 0.25) is 11.9 Å². The highest BCUT2D eigenvalue weighted by Gasteiger charge is 2.61. The third-order valence-corrected chi connectivity index (χ3v) is 12.4. The van der Waals surface area contributed by atoms with Crippen LogP contribution < -0.4 is 10.2 Å². The van der Waals surface area contributed by atoms with E-state index in [4.69, 9.17) is 4.98 Å². The largest absolute Gasteiger partial charge is 0.324 e. The Morgan fingerprint density at radius 2 is 1.82 bits per heavy atom. The second-order valence-electron chi connectivity index (χ2n) is 13.0. The lowest BCUT2D eigenvalue weighted by atomic mass is 9.63. The zero-order valence-electron chi connectivity index (χ0n) is 23.3. The number of hydrogen-bond acceptors (Lipinski definition) is 8. The van der Waals surface area contributed by atoms with Crippen LogP contribution in [0.3, 0.4) is 0 Å². The molecule has 1 atom stereocenters. The number of carbonyl (C=O) groups is 2. The van der Waals surface area contributed by atoms with Crippen molar-refractivity contribution in [3.63, 3.8) is 0 Å². The predicted octanol–water partition coefficient (Wildman–Crippen LogP) is 4.07. The summed E-state index contributed by atoms with van der Waals surface area (Å²) < 4.78 is 26.9. The second kappa shape index (κ2) is 9.08. The number of sulfone groups is 1. The molecule has 1 amide bonds. The summed E-state index contributed by atoms with van der Waals surface area (Å²) in [6.45, 7) is 3.97. The molecular formula is C30H37N5O4S. The van der Waals surface area contributed by atoms with Crippen LogP contribution in [0.15, 0.2) is 29.3 Å². The van der Waals surface area contributed by atoms with E-state index in [-0.39, 0.29) is 28.4 Å². The molecule has 4 fully saturated rings. The van der Waals surface area contributed by atoms with Gasteiger partial charge in [0.05, 0.1) is 15.6 Å². The van der Waals surface area contributed by atoms with Gasteiger partial charge in [-0.1, -0.05) is 0 Å². The molecule has 10 heteroatoms. The van der Waals surface area contributed by atoms with E-state index in [0.29, 0.717) is 29.5 Å². The van der Waals surface area contributed by atoms with Crippen LogP contribution in [-0.4, -0.2) is 66.4 Å². The molecular weight excluding hydrogens is 526 g/mol. The van der Waals surface area contributed by atoms with E-state index in [0.717, 1.165) is 81.3 Å². The van der Waals surface area contributed by atoms with Gasteiger partial charge < -0.3 is 10.2 Å². The lowest BCUT2D eigenvalue weighted by molar-refractivity contribution is -0.122. The van der Waals surface area contributed by atoms with Gasteiger partial charge in [-0.2, -0.15) is 4.98 Å². The number of amides is 1. The molecule has 3 aliphatic carbocycles. The molecule has 0 bridgehead atoms. The van der Waals surface area contributed by atoms with Gasteiger partial charge >= 0.3 is 0 Å². The minimum atomic E-state index is -3.39. The lowest BCUT2D eigenvalue weighted by Gasteiger charge is -2.51. The van der Waals surface area contributed by atoms with Crippen molar-refractivity contribution in [2.24, 2.45) is 5.41 Å². The number of nitrogens with one attached hydrogen (secondary N) is 1. The summed E-state index contributed by atoms with van der Waals surface area (Å²) in [6, 6.07) is 5.06. The minimum absolute atomic E-state index is 0.0532. The zero-order chi connectivity index (χ0) is 27.9. The molecule has 9 nitrogen and oxygen atoms in total. The van der Waals surface area contributed by atoms with Crippen LogP contribution in [0.2, 0.25) is 0 Å². The minimum Gasteiger partial charge on any atom is -0.324 e. The normalized spacial score (nSPS) is 25.8. The van der Waals surface area contributed by atoms with E-state index in [9.17, 15) is 18.0 Å². The smallest absolute Gasteiger partial charge is 0.239 e. The van der Waals surface area contributed by atoms with E-state index >= 15 is 0 Å². The maximum Gasteiger partial charge on any atom is 0.239 e. The third-order valence-electron chi connectivity index (χ3n) is 10.3. The molecule has 5 aliphatic rings. The predicted molar refractivity (Wildman–Crippen MR) is 152 cm³/mol. The monoisotopic (exact) mass is 563 g/mol. The van der Waals surface area contributed by atoms with Crippen molar-refractivity contribution >= 4 is 39.0 Å². The van der Waals surface area contributed by atoms with Crippen LogP contribution in [0.25, 0.3) is 0 Å². The van der Waals surface area contributed by atoms with E-state index in [1.54, 1.807) is 29.3 Å². The van der Waals surface area contributed by atoms with Gasteiger partial charge in [0, 0.05) is 36.3 Å².